The van der Waals surface area contributed by atoms with Crippen LogP contribution in [-0.4, -0.2) is 12.1 Å². The molecule has 0 rings (SSSR count). The second-order valence-corrected chi connectivity index (χ2v) is 3.41. The number of aliphatic imine (C=N–C) groups is 1. The van der Waals surface area contributed by atoms with Gasteiger partial charge in [0.2, 0.25) is 5.91 Å². The van der Waals surface area contributed by atoms with E-state index in [1.807, 2.05) is 26.8 Å². The van der Waals surface area contributed by atoms with Gasteiger partial charge in [-0.2, -0.15) is 0 Å². The first-order valence-electron chi connectivity index (χ1n) is 4.63. The van der Waals surface area contributed by atoms with Crippen molar-refractivity contribution in [3.8, 4) is 0 Å². The Bertz CT molecular complexity index is 275. The first kappa shape index (κ1) is 12.6. The molecule has 3 heteroatoms. The molecule has 3 nitrogen and oxygen atoms in total. The fourth-order valence-corrected chi connectivity index (χ4v) is 0.986. The van der Waals surface area contributed by atoms with Crippen molar-refractivity contribution in [2.45, 2.75) is 27.2 Å². The van der Waals surface area contributed by atoms with Gasteiger partial charge in [0.15, 0.2) is 0 Å². The molecule has 0 aromatic heterocycles. The van der Waals surface area contributed by atoms with Crippen molar-refractivity contribution in [3.63, 3.8) is 0 Å². The van der Waals surface area contributed by atoms with Crippen molar-refractivity contribution in [3.05, 3.63) is 23.9 Å². The maximum Gasteiger partial charge on any atom is 0.221 e. The van der Waals surface area contributed by atoms with Gasteiger partial charge in [0.05, 0.1) is 6.42 Å². The molecular formula is C11H18N2O. The van der Waals surface area contributed by atoms with Crippen LogP contribution < -0.4 is 5.73 Å². The molecule has 0 heterocycles. The summed E-state index contributed by atoms with van der Waals surface area (Å²) in [5.41, 5.74) is 6.67. The van der Waals surface area contributed by atoms with Crippen molar-refractivity contribution in [2.75, 3.05) is 0 Å². The van der Waals surface area contributed by atoms with E-state index in [1.165, 1.54) is 0 Å². The van der Waals surface area contributed by atoms with Crippen molar-refractivity contribution in [2.24, 2.45) is 16.6 Å². The normalized spacial score (nSPS) is 12.4. The summed E-state index contributed by atoms with van der Waals surface area (Å²) in [5.74, 6) is -0.0503. The van der Waals surface area contributed by atoms with Crippen LogP contribution in [0.1, 0.15) is 27.2 Å². The third kappa shape index (κ3) is 5.30. The lowest BCUT2D eigenvalue weighted by atomic mass is 10.1. The Morgan fingerprint density at radius 3 is 2.50 bits per heavy atom. The molecule has 0 fully saturated rings. The van der Waals surface area contributed by atoms with Crippen LogP contribution in [-0.2, 0) is 4.79 Å². The topological polar surface area (TPSA) is 55.4 Å². The molecule has 0 saturated heterocycles. The molecule has 0 unspecified atom stereocenters. The van der Waals surface area contributed by atoms with Gasteiger partial charge in [-0.15, -0.1) is 0 Å². The van der Waals surface area contributed by atoms with E-state index in [9.17, 15) is 4.79 Å². The zero-order valence-corrected chi connectivity index (χ0v) is 9.08. The second-order valence-electron chi connectivity index (χ2n) is 3.41. The van der Waals surface area contributed by atoms with E-state index < -0.39 is 0 Å². The Balaban J connectivity index is 4.57. The summed E-state index contributed by atoms with van der Waals surface area (Å²) in [6, 6.07) is 0. The van der Waals surface area contributed by atoms with Gasteiger partial charge >= 0.3 is 0 Å². The monoisotopic (exact) mass is 194 g/mol. The van der Waals surface area contributed by atoms with Crippen molar-refractivity contribution >= 4 is 12.1 Å². The van der Waals surface area contributed by atoms with Crippen LogP contribution in [0.5, 0.6) is 0 Å². The standard InChI is InChI=1S/C11H18N2O/c1-5-13-10(8(2)3)6-9(4)7-11(12)14/h5-6,8H,4,7H2,1-3H3,(H2,12,14)/b10-6-,13-5?. The summed E-state index contributed by atoms with van der Waals surface area (Å²) in [7, 11) is 0. The molecule has 0 aromatic carbocycles. The van der Waals surface area contributed by atoms with Gasteiger partial charge in [-0.3, -0.25) is 9.79 Å². The van der Waals surface area contributed by atoms with Crippen LogP contribution in [0.2, 0.25) is 0 Å². The highest BCUT2D eigenvalue weighted by atomic mass is 16.1. The average Bonchev–Trinajstić information content (AvgIpc) is 2.01. The predicted molar refractivity (Wildman–Crippen MR) is 60.0 cm³/mol. The van der Waals surface area contributed by atoms with E-state index in [2.05, 4.69) is 11.6 Å². The number of allylic oxidation sites excluding steroid dienone is 2. The quantitative estimate of drug-likeness (QED) is 0.528. The highest BCUT2D eigenvalue weighted by Crippen LogP contribution is 2.14. The van der Waals surface area contributed by atoms with Gasteiger partial charge in [0.25, 0.3) is 0 Å². The predicted octanol–water partition coefficient (Wildman–Crippen LogP) is 2.05. The molecule has 0 bridgehead atoms. The molecule has 1 amide bonds. The van der Waals surface area contributed by atoms with Crippen LogP contribution in [0.15, 0.2) is 28.9 Å². The van der Waals surface area contributed by atoms with Crippen LogP contribution in [0.3, 0.4) is 0 Å². The number of carbonyl (C=O) groups is 1. The Morgan fingerprint density at radius 2 is 2.14 bits per heavy atom. The zero-order valence-electron chi connectivity index (χ0n) is 9.08. The lowest BCUT2D eigenvalue weighted by Gasteiger charge is -2.06. The van der Waals surface area contributed by atoms with Crippen LogP contribution in [0, 0.1) is 5.92 Å². The van der Waals surface area contributed by atoms with Crippen LogP contribution in [0.25, 0.3) is 0 Å². The van der Waals surface area contributed by atoms with E-state index >= 15 is 0 Å². The summed E-state index contributed by atoms with van der Waals surface area (Å²) in [6.07, 6.45) is 3.73. The molecule has 14 heavy (non-hydrogen) atoms. The van der Waals surface area contributed by atoms with Crippen LogP contribution in [0.4, 0.5) is 0 Å². The Labute approximate surface area is 85.4 Å². The van der Waals surface area contributed by atoms with E-state index in [1.54, 1.807) is 6.21 Å². The van der Waals surface area contributed by atoms with Crippen molar-refractivity contribution < 1.29 is 4.79 Å². The number of amides is 1. The Morgan fingerprint density at radius 1 is 1.57 bits per heavy atom. The molecule has 0 atom stereocenters. The van der Waals surface area contributed by atoms with E-state index in [-0.39, 0.29) is 12.3 Å². The maximum atomic E-state index is 10.6. The van der Waals surface area contributed by atoms with Crippen molar-refractivity contribution in [1.82, 2.24) is 0 Å². The van der Waals surface area contributed by atoms with Gasteiger partial charge in [-0.25, -0.2) is 0 Å². The number of primary amides is 1. The fraction of sp³-hybridized carbons (Fsp3) is 0.455. The number of rotatable bonds is 5. The first-order chi connectivity index (χ1) is 6.47. The van der Waals surface area contributed by atoms with Gasteiger partial charge in [-0.05, 0) is 24.5 Å². The number of nitrogens with zero attached hydrogens (tertiary/aromatic N) is 1. The van der Waals surface area contributed by atoms with Crippen molar-refractivity contribution in [1.29, 1.82) is 0 Å². The molecule has 0 saturated carbocycles. The molecule has 2 N–H and O–H groups in total. The van der Waals surface area contributed by atoms with Gasteiger partial charge in [0, 0.05) is 11.9 Å². The van der Waals surface area contributed by atoms with Gasteiger partial charge in [0.1, 0.15) is 0 Å². The third-order valence-corrected chi connectivity index (χ3v) is 1.62. The minimum Gasteiger partial charge on any atom is -0.369 e. The smallest absolute Gasteiger partial charge is 0.221 e. The summed E-state index contributed by atoms with van der Waals surface area (Å²) in [5, 5.41) is 0. The number of hydrogen-bond donors (Lipinski definition) is 1. The molecule has 0 radical (unpaired) electrons. The maximum absolute atomic E-state index is 10.6. The molecule has 0 aliphatic carbocycles. The Hall–Kier alpha value is -1.38. The van der Waals surface area contributed by atoms with E-state index in [4.69, 9.17) is 5.73 Å². The lowest BCUT2D eigenvalue weighted by molar-refractivity contribution is -0.117. The average molecular weight is 194 g/mol. The minimum atomic E-state index is -0.366. The molecule has 0 aliphatic heterocycles. The summed E-state index contributed by atoms with van der Waals surface area (Å²) in [6.45, 7) is 9.68. The molecule has 0 aromatic rings. The number of carbonyl (C=O) groups excluding carboxylic acids is 1. The molecular weight excluding hydrogens is 176 g/mol. The van der Waals surface area contributed by atoms with E-state index in [0.29, 0.717) is 11.5 Å². The molecule has 0 spiro atoms. The number of nitrogens with two attached hydrogens (primary N) is 1. The highest BCUT2D eigenvalue weighted by molar-refractivity contribution is 5.77. The Kier molecular flexibility index (Phi) is 5.53. The molecule has 78 valence electrons. The largest absolute Gasteiger partial charge is 0.369 e. The number of hydrogen-bond acceptors (Lipinski definition) is 2. The summed E-state index contributed by atoms with van der Waals surface area (Å²) >= 11 is 0. The van der Waals surface area contributed by atoms with Gasteiger partial charge in [-0.1, -0.05) is 20.4 Å². The SMILES string of the molecule is C=C(/C=C(\N=CC)C(C)C)CC(N)=O. The van der Waals surface area contributed by atoms with Gasteiger partial charge < -0.3 is 5.73 Å². The van der Waals surface area contributed by atoms with E-state index in [0.717, 1.165) is 5.70 Å². The van der Waals surface area contributed by atoms with Crippen LogP contribution >= 0.6 is 0 Å². The second kappa shape index (κ2) is 6.13. The summed E-state index contributed by atoms with van der Waals surface area (Å²) in [4.78, 5) is 14.8. The first-order valence-corrected chi connectivity index (χ1v) is 4.63. The summed E-state index contributed by atoms with van der Waals surface area (Å²) < 4.78 is 0. The minimum absolute atomic E-state index is 0.190. The zero-order chi connectivity index (χ0) is 11.1. The lowest BCUT2D eigenvalue weighted by Crippen LogP contribution is -2.10. The molecule has 0 aliphatic rings. The fourth-order valence-electron chi connectivity index (χ4n) is 0.986. The third-order valence-electron chi connectivity index (χ3n) is 1.62. The highest BCUT2D eigenvalue weighted by Gasteiger charge is 2.03.